The van der Waals surface area contributed by atoms with Gasteiger partial charge in [0.1, 0.15) is 12.0 Å². The Labute approximate surface area is 113 Å². The molecule has 1 N–H and O–H groups in total. The van der Waals surface area contributed by atoms with Crippen LogP contribution in [0.5, 0.6) is 0 Å². The minimum Gasteiger partial charge on any atom is -0.481 e. The molecule has 0 aliphatic carbocycles. The number of hydrogen-bond donors (Lipinski definition) is 1. The van der Waals surface area contributed by atoms with Crippen molar-refractivity contribution >= 4 is 17.7 Å². The van der Waals surface area contributed by atoms with E-state index in [0.717, 1.165) is 6.33 Å². The molecule has 0 aliphatic rings. The molecule has 0 unspecified atom stereocenters. The number of carbonyl (C=O) groups is 1. The van der Waals surface area contributed by atoms with Gasteiger partial charge in [-0.25, -0.2) is 17.6 Å². The molecule has 0 spiro atoms. The standard InChI is InChI=1S/C10H5F4N3O2S/c11-4-1-5(12)8(14)9(7(4)13)17-3-15-16-10(17)20-2-6(18)19/h1,3H,2H2,(H,18,19). The molecule has 1 aromatic carbocycles. The largest absolute Gasteiger partial charge is 0.481 e. The molecular weight excluding hydrogens is 302 g/mol. The van der Waals surface area contributed by atoms with Crippen molar-refractivity contribution in [2.45, 2.75) is 5.16 Å². The molecule has 0 aliphatic heterocycles. The fourth-order valence-electron chi connectivity index (χ4n) is 1.37. The summed E-state index contributed by atoms with van der Waals surface area (Å²) in [6.07, 6.45) is 0.824. The monoisotopic (exact) mass is 307 g/mol. The maximum absolute atomic E-state index is 13.6. The molecule has 2 rings (SSSR count). The van der Waals surface area contributed by atoms with Crippen molar-refractivity contribution in [1.29, 1.82) is 0 Å². The third-order valence-electron chi connectivity index (χ3n) is 2.17. The van der Waals surface area contributed by atoms with E-state index >= 15 is 0 Å². The summed E-state index contributed by atoms with van der Waals surface area (Å²) in [5.41, 5.74) is -1.04. The lowest BCUT2D eigenvalue weighted by molar-refractivity contribution is -0.133. The number of carboxylic acid groups (broad SMARTS) is 1. The summed E-state index contributed by atoms with van der Waals surface area (Å²) in [4.78, 5) is 10.4. The second-order valence-electron chi connectivity index (χ2n) is 3.48. The average Bonchev–Trinajstić information content (AvgIpc) is 2.83. The molecule has 0 amide bonds. The zero-order valence-electron chi connectivity index (χ0n) is 9.48. The number of aromatic nitrogens is 3. The number of halogens is 4. The predicted octanol–water partition coefficient (Wildman–Crippen LogP) is 2.00. The lowest BCUT2D eigenvalue weighted by Gasteiger charge is -2.09. The molecule has 0 atom stereocenters. The molecule has 0 fully saturated rings. The van der Waals surface area contributed by atoms with Crippen molar-refractivity contribution in [2.75, 3.05) is 5.75 Å². The highest BCUT2D eigenvalue weighted by Gasteiger charge is 2.23. The van der Waals surface area contributed by atoms with Crippen molar-refractivity contribution in [2.24, 2.45) is 0 Å². The molecule has 0 saturated heterocycles. The van der Waals surface area contributed by atoms with E-state index in [1.807, 2.05) is 0 Å². The first kappa shape index (κ1) is 14.3. The summed E-state index contributed by atoms with van der Waals surface area (Å²) < 4.78 is 54.1. The van der Waals surface area contributed by atoms with Crippen LogP contribution in [0.3, 0.4) is 0 Å². The second-order valence-corrected chi connectivity index (χ2v) is 4.43. The van der Waals surface area contributed by atoms with Gasteiger partial charge in [0.05, 0.1) is 5.75 Å². The van der Waals surface area contributed by atoms with E-state index < -0.39 is 40.7 Å². The van der Waals surface area contributed by atoms with Gasteiger partial charge in [0.25, 0.3) is 0 Å². The molecule has 20 heavy (non-hydrogen) atoms. The fourth-order valence-corrected chi connectivity index (χ4v) is 2.01. The maximum Gasteiger partial charge on any atom is 0.313 e. The van der Waals surface area contributed by atoms with Gasteiger partial charge in [-0.3, -0.25) is 9.36 Å². The molecule has 106 valence electrons. The second kappa shape index (κ2) is 5.49. The molecular formula is C10H5F4N3O2S. The molecule has 5 nitrogen and oxygen atoms in total. The Balaban J connectivity index is 2.52. The first-order valence-corrected chi connectivity index (χ1v) is 5.98. The Hall–Kier alpha value is -2.10. The van der Waals surface area contributed by atoms with Gasteiger partial charge in [0.2, 0.25) is 0 Å². The first-order chi connectivity index (χ1) is 9.41. The van der Waals surface area contributed by atoms with Crippen LogP contribution in [0.25, 0.3) is 5.69 Å². The fraction of sp³-hybridized carbons (Fsp3) is 0.100. The van der Waals surface area contributed by atoms with E-state index in [4.69, 9.17) is 5.11 Å². The van der Waals surface area contributed by atoms with Gasteiger partial charge >= 0.3 is 5.97 Å². The highest BCUT2D eigenvalue weighted by Crippen LogP contribution is 2.26. The Bertz CT molecular complexity index is 651. The predicted molar refractivity (Wildman–Crippen MR) is 59.6 cm³/mol. The smallest absolute Gasteiger partial charge is 0.313 e. The molecule has 0 radical (unpaired) electrons. The minimum atomic E-state index is -1.62. The number of hydrogen-bond acceptors (Lipinski definition) is 4. The zero-order chi connectivity index (χ0) is 14.9. The maximum atomic E-state index is 13.6. The summed E-state index contributed by atoms with van der Waals surface area (Å²) in [5.74, 6) is -8.07. The van der Waals surface area contributed by atoms with E-state index in [2.05, 4.69) is 10.2 Å². The molecule has 0 bridgehead atoms. The van der Waals surface area contributed by atoms with Gasteiger partial charge in [0, 0.05) is 6.07 Å². The van der Waals surface area contributed by atoms with Crippen molar-refractivity contribution in [3.05, 3.63) is 35.7 Å². The average molecular weight is 307 g/mol. The Morgan fingerprint density at radius 1 is 1.25 bits per heavy atom. The van der Waals surface area contributed by atoms with Crippen LogP contribution in [-0.2, 0) is 4.79 Å². The number of aliphatic carboxylic acids is 1. The van der Waals surface area contributed by atoms with Crippen LogP contribution in [0.2, 0.25) is 0 Å². The van der Waals surface area contributed by atoms with E-state index in [1.165, 1.54) is 0 Å². The van der Waals surface area contributed by atoms with E-state index in [-0.39, 0.29) is 11.2 Å². The number of thioether (sulfide) groups is 1. The topological polar surface area (TPSA) is 68.0 Å². The highest BCUT2D eigenvalue weighted by atomic mass is 32.2. The third kappa shape index (κ3) is 2.59. The Kier molecular flexibility index (Phi) is 3.93. The van der Waals surface area contributed by atoms with Crippen LogP contribution in [-0.4, -0.2) is 31.6 Å². The molecule has 1 heterocycles. The number of nitrogens with zero attached hydrogens (tertiary/aromatic N) is 3. The molecule has 2 aromatic rings. The first-order valence-electron chi connectivity index (χ1n) is 4.99. The van der Waals surface area contributed by atoms with Gasteiger partial charge in [-0.1, -0.05) is 11.8 Å². The van der Waals surface area contributed by atoms with Crippen molar-refractivity contribution in [3.63, 3.8) is 0 Å². The van der Waals surface area contributed by atoms with Gasteiger partial charge < -0.3 is 5.11 Å². The van der Waals surface area contributed by atoms with E-state index in [9.17, 15) is 22.4 Å². The summed E-state index contributed by atoms with van der Waals surface area (Å²) in [5, 5.41) is 15.1. The van der Waals surface area contributed by atoms with Crippen molar-refractivity contribution < 1.29 is 27.5 Å². The SMILES string of the molecule is O=C(O)CSc1nncn1-c1c(F)c(F)cc(F)c1F. The summed E-state index contributed by atoms with van der Waals surface area (Å²) in [7, 11) is 0. The van der Waals surface area contributed by atoms with E-state index in [0.29, 0.717) is 16.3 Å². The summed E-state index contributed by atoms with van der Waals surface area (Å²) >= 11 is 0.597. The quantitative estimate of drug-likeness (QED) is 0.531. The number of benzene rings is 1. The van der Waals surface area contributed by atoms with Gasteiger partial charge in [-0.05, 0) is 0 Å². The van der Waals surface area contributed by atoms with Crippen LogP contribution < -0.4 is 0 Å². The van der Waals surface area contributed by atoms with Crippen LogP contribution in [0, 0.1) is 23.3 Å². The molecule has 0 saturated carbocycles. The van der Waals surface area contributed by atoms with Crippen LogP contribution in [0.1, 0.15) is 0 Å². The summed E-state index contributed by atoms with van der Waals surface area (Å²) in [6.45, 7) is 0. The summed E-state index contributed by atoms with van der Waals surface area (Å²) in [6, 6.07) is 0.0720. The lowest BCUT2D eigenvalue weighted by atomic mass is 10.2. The van der Waals surface area contributed by atoms with E-state index in [1.54, 1.807) is 0 Å². The molecule has 10 heteroatoms. The number of rotatable bonds is 4. The third-order valence-corrected chi connectivity index (χ3v) is 3.10. The van der Waals surface area contributed by atoms with Gasteiger partial charge in [0.15, 0.2) is 28.4 Å². The van der Waals surface area contributed by atoms with Gasteiger partial charge in [-0.15, -0.1) is 10.2 Å². The highest BCUT2D eigenvalue weighted by molar-refractivity contribution is 7.99. The Morgan fingerprint density at radius 2 is 1.85 bits per heavy atom. The minimum absolute atomic E-state index is 0.0720. The Morgan fingerprint density at radius 3 is 2.40 bits per heavy atom. The lowest BCUT2D eigenvalue weighted by Crippen LogP contribution is -2.08. The van der Waals surface area contributed by atoms with Crippen molar-refractivity contribution in [1.82, 2.24) is 14.8 Å². The van der Waals surface area contributed by atoms with Crippen LogP contribution in [0.4, 0.5) is 17.6 Å². The van der Waals surface area contributed by atoms with Crippen LogP contribution in [0.15, 0.2) is 17.6 Å². The van der Waals surface area contributed by atoms with Crippen LogP contribution >= 0.6 is 11.8 Å². The zero-order valence-corrected chi connectivity index (χ0v) is 10.3. The molecule has 1 aromatic heterocycles. The normalized spacial score (nSPS) is 10.8. The van der Waals surface area contributed by atoms with Gasteiger partial charge in [-0.2, -0.15) is 0 Å². The number of carboxylic acids is 1. The van der Waals surface area contributed by atoms with Crippen molar-refractivity contribution in [3.8, 4) is 5.69 Å².